The fraction of sp³-hybridized carbons (Fsp3) is 1.00. The minimum atomic E-state index is -4.07. The van der Waals surface area contributed by atoms with Gasteiger partial charge in [-0.1, -0.05) is 6.42 Å². The quantitative estimate of drug-likeness (QED) is 0.835. The van der Waals surface area contributed by atoms with Gasteiger partial charge in [-0.2, -0.15) is 24.9 Å². The van der Waals surface area contributed by atoms with E-state index in [0.29, 0.717) is 18.7 Å². The Morgan fingerprint density at radius 2 is 2.11 bits per heavy atom. The second-order valence-electron chi connectivity index (χ2n) is 5.51. The highest BCUT2D eigenvalue weighted by molar-refractivity contribution is 7.99. The Kier molecular flexibility index (Phi) is 4.49. The Morgan fingerprint density at radius 3 is 2.72 bits per heavy atom. The van der Waals surface area contributed by atoms with Crippen molar-refractivity contribution in [2.45, 2.75) is 49.9 Å². The molecule has 2 nitrogen and oxygen atoms in total. The molecule has 2 N–H and O–H groups in total. The lowest BCUT2D eigenvalue weighted by atomic mass is 9.85. The Morgan fingerprint density at radius 1 is 1.33 bits per heavy atom. The topological polar surface area (TPSA) is 32.3 Å². The van der Waals surface area contributed by atoms with Crippen LogP contribution in [0.3, 0.4) is 0 Å². The van der Waals surface area contributed by atoms with E-state index in [1.165, 1.54) is 0 Å². The average Bonchev–Trinajstić information content (AvgIpc) is 2.74. The Labute approximate surface area is 110 Å². The van der Waals surface area contributed by atoms with Crippen molar-refractivity contribution in [2.24, 2.45) is 5.92 Å². The maximum atomic E-state index is 12.7. The van der Waals surface area contributed by atoms with Crippen LogP contribution in [0, 0.1) is 5.92 Å². The molecule has 0 amide bonds. The van der Waals surface area contributed by atoms with Crippen LogP contribution in [0.4, 0.5) is 13.2 Å². The third-order valence-electron chi connectivity index (χ3n) is 3.94. The monoisotopic (exact) mass is 283 g/mol. The SMILES string of the molecule is O[C@]1(CN[C@H]2CCC[C@H](C(F)(F)F)C2)CCSC1. The molecule has 2 rings (SSSR count). The number of nitrogens with one attached hydrogen (secondary N) is 1. The van der Waals surface area contributed by atoms with Crippen molar-refractivity contribution in [2.75, 3.05) is 18.1 Å². The molecule has 0 radical (unpaired) electrons. The van der Waals surface area contributed by atoms with E-state index in [9.17, 15) is 18.3 Å². The highest BCUT2D eigenvalue weighted by atomic mass is 32.2. The number of halogens is 3. The summed E-state index contributed by atoms with van der Waals surface area (Å²) in [6.45, 7) is 0.426. The van der Waals surface area contributed by atoms with Crippen LogP contribution in [0.5, 0.6) is 0 Å². The first-order valence-corrected chi connectivity index (χ1v) is 7.65. The third kappa shape index (κ3) is 3.78. The molecule has 2 aliphatic rings. The first-order chi connectivity index (χ1) is 8.39. The van der Waals surface area contributed by atoms with E-state index in [1.807, 2.05) is 0 Å². The van der Waals surface area contributed by atoms with E-state index in [1.54, 1.807) is 11.8 Å². The normalized spacial score (nSPS) is 38.0. The van der Waals surface area contributed by atoms with E-state index < -0.39 is 17.7 Å². The summed E-state index contributed by atoms with van der Waals surface area (Å²) < 4.78 is 38.0. The third-order valence-corrected chi connectivity index (χ3v) is 5.17. The van der Waals surface area contributed by atoms with Gasteiger partial charge in [-0.05, 0) is 31.4 Å². The van der Waals surface area contributed by atoms with E-state index in [-0.39, 0.29) is 18.9 Å². The van der Waals surface area contributed by atoms with Crippen LogP contribution in [0.1, 0.15) is 32.1 Å². The zero-order valence-electron chi connectivity index (χ0n) is 10.3. The van der Waals surface area contributed by atoms with Crippen molar-refractivity contribution in [1.29, 1.82) is 0 Å². The molecule has 3 atom stereocenters. The summed E-state index contributed by atoms with van der Waals surface area (Å²) in [6.07, 6.45) is -1.51. The van der Waals surface area contributed by atoms with E-state index >= 15 is 0 Å². The van der Waals surface area contributed by atoms with Crippen molar-refractivity contribution in [3.8, 4) is 0 Å². The van der Waals surface area contributed by atoms with Crippen LogP contribution in [0.25, 0.3) is 0 Å². The number of aliphatic hydroxyl groups is 1. The summed E-state index contributed by atoms with van der Waals surface area (Å²) in [6, 6.07) is -0.0972. The lowest BCUT2D eigenvalue weighted by Crippen LogP contribution is -2.47. The molecule has 1 saturated carbocycles. The molecule has 0 spiro atoms. The number of hydrogen-bond acceptors (Lipinski definition) is 3. The summed E-state index contributed by atoms with van der Waals surface area (Å²) >= 11 is 1.70. The van der Waals surface area contributed by atoms with Crippen molar-refractivity contribution < 1.29 is 18.3 Å². The number of alkyl halides is 3. The molecule has 0 aromatic heterocycles. The van der Waals surface area contributed by atoms with Gasteiger partial charge < -0.3 is 10.4 Å². The lowest BCUT2D eigenvalue weighted by molar-refractivity contribution is -0.183. The van der Waals surface area contributed by atoms with Gasteiger partial charge in [-0.3, -0.25) is 0 Å². The van der Waals surface area contributed by atoms with E-state index in [0.717, 1.165) is 18.6 Å². The molecule has 1 saturated heterocycles. The van der Waals surface area contributed by atoms with Crippen LogP contribution >= 0.6 is 11.8 Å². The first-order valence-electron chi connectivity index (χ1n) is 6.49. The van der Waals surface area contributed by atoms with Crippen LogP contribution < -0.4 is 5.32 Å². The van der Waals surface area contributed by atoms with Crippen molar-refractivity contribution in [1.82, 2.24) is 5.32 Å². The number of thioether (sulfide) groups is 1. The highest BCUT2D eigenvalue weighted by Crippen LogP contribution is 2.37. The molecule has 1 aliphatic carbocycles. The van der Waals surface area contributed by atoms with Gasteiger partial charge in [-0.25, -0.2) is 0 Å². The van der Waals surface area contributed by atoms with E-state index in [2.05, 4.69) is 5.32 Å². The van der Waals surface area contributed by atoms with Gasteiger partial charge in [0.25, 0.3) is 0 Å². The highest BCUT2D eigenvalue weighted by Gasteiger charge is 2.42. The summed E-state index contributed by atoms with van der Waals surface area (Å²) in [5.74, 6) is 0.458. The standard InChI is InChI=1S/C12H20F3NOS/c13-12(14,15)9-2-1-3-10(6-9)16-7-11(17)4-5-18-8-11/h9-10,16-17H,1-8H2/t9-,10-,11-/m0/s1. The fourth-order valence-corrected chi connectivity index (χ4v) is 4.04. The van der Waals surface area contributed by atoms with Gasteiger partial charge in [0.2, 0.25) is 0 Å². The number of hydrogen-bond donors (Lipinski definition) is 2. The predicted molar refractivity (Wildman–Crippen MR) is 66.7 cm³/mol. The van der Waals surface area contributed by atoms with Crippen LogP contribution in [0.2, 0.25) is 0 Å². The molecule has 0 aromatic carbocycles. The van der Waals surface area contributed by atoms with Crippen molar-refractivity contribution in [3.63, 3.8) is 0 Å². The maximum absolute atomic E-state index is 12.7. The van der Waals surface area contributed by atoms with Gasteiger partial charge in [0, 0.05) is 18.3 Å². The van der Waals surface area contributed by atoms with Crippen LogP contribution in [-0.2, 0) is 0 Å². The predicted octanol–water partition coefficient (Wildman–Crippen LogP) is 2.57. The molecular weight excluding hydrogens is 263 g/mol. The molecule has 18 heavy (non-hydrogen) atoms. The average molecular weight is 283 g/mol. The summed E-state index contributed by atoms with van der Waals surface area (Å²) in [7, 11) is 0. The minimum absolute atomic E-state index is 0.0972. The van der Waals surface area contributed by atoms with Crippen molar-refractivity contribution in [3.05, 3.63) is 0 Å². The Balaban J connectivity index is 1.79. The molecule has 0 unspecified atom stereocenters. The minimum Gasteiger partial charge on any atom is -0.388 e. The smallest absolute Gasteiger partial charge is 0.388 e. The molecule has 1 heterocycles. The molecule has 6 heteroatoms. The van der Waals surface area contributed by atoms with E-state index in [4.69, 9.17) is 0 Å². The molecular formula is C12H20F3NOS. The van der Waals surface area contributed by atoms with Gasteiger partial charge in [-0.15, -0.1) is 0 Å². The lowest BCUT2D eigenvalue weighted by Gasteiger charge is -2.33. The second-order valence-corrected chi connectivity index (χ2v) is 6.62. The fourth-order valence-electron chi connectivity index (χ4n) is 2.74. The summed E-state index contributed by atoms with van der Waals surface area (Å²) in [4.78, 5) is 0. The molecule has 0 bridgehead atoms. The number of rotatable bonds is 3. The Hall–Kier alpha value is 0.0600. The van der Waals surface area contributed by atoms with Gasteiger partial charge in [0.1, 0.15) is 0 Å². The Bertz CT molecular complexity index is 279. The van der Waals surface area contributed by atoms with Crippen LogP contribution in [-0.4, -0.2) is 41.0 Å². The zero-order valence-corrected chi connectivity index (χ0v) is 11.1. The molecule has 106 valence electrons. The first kappa shape index (κ1) is 14.5. The summed E-state index contributed by atoms with van der Waals surface area (Å²) in [5.41, 5.74) is -0.712. The zero-order chi connectivity index (χ0) is 13.2. The van der Waals surface area contributed by atoms with Gasteiger partial charge in [0.15, 0.2) is 0 Å². The van der Waals surface area contributed by atoms with Crippen molar-refractivity contribution >= 4 is 11.8 Å². The molecule has 1 aliphatic heterocycles. The van der Waals surface area contributed by atoms with Crippen LogP contribution in [0.15, 0.2) is 0 Å². The summed E-state index contributed by atoms with van der Waals surface area (Å²) in [5, 5.41) is 13.3. The maximum Gasteiger partial charge on any atom is 0.391 e. The van der Waals surface area contributed by atoms with Gasteiger partial charge >= 0.3 is 6.18 Å². The van der Waals surface area contributed by atoms with Gasteiger partial charge in [0.05, 0.1) is 11.5 Å². The molecule has 2 fully saturated rings. The molecule has 0 aromatic rings. The second kappa shape index (κ2) is 5.59. The largest absolute Gasteiger partial charge is 0.391 e.